The molecule has 0 aliphatic carbocycles. The first-order chi connectivity index (χ1) is 12.5. The molecule has 1 fully saturated rings. The average molecular weight is 375 g/mol. The van der Waals surface area contributed by atoms with Crippen molar-refractivity contribution < 1.29 is 4.79 Å². The number of H-pyrrole nitrogens is 1. The Morgan fingerprint density at radius 3 is 2.54 bits per heavy atom. The van der Waals surface area contributed by atoms with E-state index in [9.17, 15) is 9.59 Å². The fourth-order valence-electron chi connectivity index (χ4n) is 3.24. The summed E-state index contributed by atoms with van der Waals surface area (Å²) in [6, 6.07) is 9.49. The molecule has 0 atom stereocenters. The minimum atomic E-state index is -0.150. The fourth-order valence-corrected chi connectivity index (χ4v) is 3.49. The van der Waals surface area contributed by atoms with Crippen LogP contribution in [0.1, 0.15) is 16.8 Å². The van der Waals surface area contributed by atoms with Gasteiger partial charge in [0.25, 0.3) is 5.56 Å². The number of benzene rings is 1. The molecule has 2 aromatic rings. The number of aryl methyl sites for hydroxylation is 2. The third-order valence-electron chi connectivity index (χ3n) is 4.67. The van der Waals surface area contributed by atoms with Crippen molar-refractivity contribution in [2.24, 2.45) is 0 Å². The number of anilines is 1. The van der Waals surface area contributed by atoms with Crippen LogP contribution in [0.4, 0.5) is 10.5 Å². The quantitative estimate of drug-likeness (QED) is 0.867. The maximum Gasteiger partial charge on any atom is 0.317 e. The largest absolute Gasteiger partial charge is 0.367 e. The van der Waals surface area contributed by atoms with Crippen molar-refractivity contribution in [2.75, 3.05) is 31.1 Å². The van der Waals surface area contributed by atoms with Crippen LogP contribution in [0.3, 0.4) is 0 Å². The minimum absolute atomic E-state index is 0.147. The topological polar surface area (TPSA) is 68.4 Å². The van der Waals surface area contributed by atoms with Gasteiger partial charge in [-0.05, 0) is 37.6 Å². The summed E-state index contributed by atoms with van der Waals surface area (Å²) in [6.45, 7) is 6.62. The Balaban J connectivity index is 1.56. The van der Waals surface area contributed by atoms with E-state index in [-0.39, 0.29) is 18.1 Å². The molecule has 3 rings (SSSR count). The van der Waals surface area contributed by atoms with Crippen LogP contribution in [0.2, 0.25) is 5.02 Å². The molecule has 1 aromatic carbocycles. The molecule has 2 N–H and O–H groups in total. The number of para-hydroxylation sites is 1. The minimum Gasteiger partial charge on any atom is -0.367 e. The zero-order valence-electron chi connectivity index (χ0n) is 15.0. The van der Waals surface area contributed by atoms with Crippen LogP contribution in [-0.2, 0) is 6.54 Å². The third-order valence-corrected chi connectivity index (χ3v) is 4.99. The molecule has 6 nitrogen and oxygen atoms in total. The maximum absolute atomic E-state index is 12.4. The van der Waals surface area contributed by atoms with E-state index in [2.05, 4.69) is 15.2 Å². The van der Waals surface area contributed by atoms with Crippen molar-refractivity contribution >= 4 is 23.3 Å². The Morgan fingerprint density at radius 2 is 1.88 bits per heavy atom. The van der Waals surface area contributed by atoms with Gasteiger partial charge >= 0.3 is 6.03 Å². The van der Waals surface area contributed by atoms with Crippen LogP contribution < -0.4 is 15.8 Å². The number of hydrogen-bond acceptors (Lipinski definition) is 3. The maximum atomic E-state index is 12.4. The number of pyridine rings is 1. The van der Waals surface area contributed by atoms with Gasteiger partial charge in [-0.1, -0.05) is 23.7 Å². The van der Waals surface area contributed by atoms with Crippen molar-refractivity contribution in [2.45, 2.75) is 20.4 Å². The molecule has 0 unspecified atom stereocenters. The zero-order valence-corrected chi connectivity index (χ0v) is 15.8. The van der Waals surface area contributed by atoms with Crippen molar-refractivity contribution in [3.05, 3.63) is 62.5 Å². The van der Waals surface area contributed by atoms with Crippen molar-refractivity contribution in [3.8, 4) is 0 Å². The van der Waals surface area contributed by atoms with E-state index in [0.717, 1.165) is 35.1 Å². The van der Waals surface area contributed by atoms with Crippen LogP contribution in [0.5, 0.6) is 0 Å². The second-order valence-corrected chi connectivity index (χ2v) is 6.93. The summed E-state index contributed by atoms with van der Waals surface area (Å²) in [5, 5.41) is 3.58. The number of piperazine rings is 1. The second-order valence-electron chi connectivity index (χ2n) is 6.53. The molecule has 1 saturated heterocycles. The number of aromatic nitrogens is 1. The zero-order chi connectivity index (χ0) is 18.7. The molecule has 1 aliphatic rings. The second kappa shape index (κ2) is 7.83. The number of nitrogens with one attached hydrogen (secondary N) is 2. The summed E-state index contributed by atoms with van der Waals surface area (Å²) in [7, 11) is 0. The number of aromatic amines is 1. The first-order valence-electron chi connectivity index (χ1n) is 8.67. The van der Waals surface area contributed by atoms with Crippen LogP contribution in [0.15, 0.2) is 35.1 Å². The first-order valence-corrected chi connectivity index (χ1v) is 9.05. The van der Waals surface area contributed by atoms with E-state index >= 15 is 0 Å². The van der Waals surface area contributed by atoms with E-state index in [4.69, 9.17) is 11.6 Å². The van der Waals surface area contributed by atoms with Crippen LogP contribution in [0, 0.1) is 13.8 Å². The van der Waals surface area contributed by atoms with Gasteiger partial charge in [0.05, 0.1) is 17.3 Å². The summed E-state index contributed by atoms with van der Waals surface area (Å²) in [5.41, 5.74) is 3.15. The number of carbonyl (C=O) groups is 1. The molecule has 0 bridgehead atoms. The highest BCUT2D eigenvalue weighted by Crippen LogP contribution is 2.25. The first kappa shape index (κ1) is 18.3. The molecular formula is C19H23ClN4O2. The van der Waals surface area contributed by atoms with Crippen LogP contribution in [-0.4, -0.2) is 42.1 Å². The van der Waals surface area contributed by atoms with Gasteiger partial charge in [-0.25, -0.2) is 4.79 Å². The monoisotopic (exact) mass is 374 g/mol. The Labute approximate surface area is 157 Å². The van der Waals surface area contributed by atoms with Crippen molar-refractivity contribution in [1.82, 2.24) is 15.2 Å². The molecule has 2 heterocycles. The molecule has 0 saturated carbocycles. The van der Waals surface area contributed by atoms with Gasteiger partial charge in [-0.2, -0.15) is 0 Å². The highest BCUT2D eigenvalue weighted by Gasteiger charge is 2.22. The third kappa shape index (κ3) is 4.02. The Hall–Kier alpha value is -2.47. The lowest BCUT2D eigenvalue weighted by atomic mass is 10.1. The Morgan fingerprint density at radius 1 is 1.19 bits per heavy atom. The molecule has 138 valence electrons. The fraction of sp³-hybridized carbons (Fsp3) is 0.368. The van der Waals surface area contributed by atoms with E-state index < -0.39 is 0 Å². The summed E-state index contributed by atoms with van der Waals surface area (Å²) in [4.78, 5) is 31.2. The van der Waals surface area contributed by atoms with Gasteiger partial charge in [0.15, 0.2) is 0 Å². The van der Waals surface area contributed by atoms with E-state index in [1.165, 1.54) is 0 Å². The lowest BCUT2D eigenvalue weighted by Gasteiger charge is -2.36. The van der Waals surface area contributed by atoms with Gasteiger partial charge in [0, 0.05) is 37.4 Å². The predicted molar refractivity (Wildman–Crippen MR) is 104 cm³/mol. The van der Waals surface area contributed by atoms with Crippen LogP contribution >= 0.6 is 11.6 Å². The average Bonchev–Trinajstić information content (AvgIpc) is 2.61. The van der Waals surface area contributed by atoms with Gasteiger partial charge in [0.1, 0.15) is 0 Å². The standard InChI is InChI=1S/C19H23ClN4O2/c1-13-11-14(2)22-18(25)15(13)12-21-19(26)24-9-7-23(8-10-24)17-6-4-3-5-16(17)20/h3-6,11H,7-10,12H2,1-2H3,(H,21,26)(H,22,25). The molecule has 0 radical (unpaired) electrons. The molecule has 7 heteroatoms. The van der Waals surface area contributed by atoms with Gasteiger partial charge < -0.3 is 20.1 Å². The number of carbonyl (C=O) groups excluding carboxylic acids is 1. The normalized spacial score (nSPS) is 14.4. The summed E-state index contributed by atoms with van der Waals surface area (Å²) in [5.74, 6) is 0. The molecule has 1 aromatic heterocycles. The summed E-state index contributed by atoms with van der Waals surface area (Å²) in [6.07, 6.45) is 0. The molecule has 1 aliphatic heterocycles. The summed E-state index contributed by atoms with van der Waals surface area (Å²) < 4.78 is 0. The molecule has 2 amide bonds. The van der Waals surface area contributed by atoms with Gasteiger partial charge in [-0.3, -0.25) is 4.79 Å². The van der Waals surface area contributed by atoms with E-state index in [0.29, 0.717) is 18.7 Å². The van der Waals surface area contributed by atoms with Crippen LogP contribution in [0.25, 0.3) is 0 Å². The summed E-state index contributed by atoms with van der Waals surface area (Å²) >= 11 is 6.25. The smallest absolute Gasteiger partial charge is 0.317 e. The number of halogens is 1. The Bertz CT molecular complexity index is 857. The Kier molecular flexibility index (Phi) is 5.52. The number of hydrogen-bond donors (Lipinski definition) is 2. The lowest BCUT2D eigenvalue weighted by molar-refractivity contribution is 0.194. The molecule has 26 heavy (non-hydrogen) atoms. The highest BCUT2D eigenvalue weighted by atomic mass is 35.5. The number of urea groups is 1. The number of amides is 2. The lowest BCUT2D eigenvalue weighted by Crippen LogP contribution is -2.52. The van der Waals surface area contributed by atoms with Gasteiger partial charge in [-0.15, -0.1) is 0 Å². The van der Waals surface area contributed by atoms with E-state index in [1.807, 2.05) is 44.2 Å². The highest BCUT2D eigenvalue weighted by molar-refractivity contribution is 6.33. The number of rotatable bonds is 3. The SMILES string of the molecule is Cc1cc(C)c(CNC(=O)N2CCN(c3ccccc3Cl)CC2)c(=O)[nH]1. The van der Waals surface area contributed by atoms with Crippen molar-refractivity contribution in [1.29, 1.82) is 0 Å². The van der Waals surface area contributed by atoms with Gasteiger partial charge in [0.2, 0.25) is 0 Å². The predicted octanol–water partition coefficient (Wildman–Crippen LogP) is 2.68. The molecule has 0 spiro atoms. The molecular weight excluding hydrogens is 352 g/mol. The van der Waals surface area contributed by atoms with E-state index in [1.54, 1.807) is 4.90 Å². The van der Waals surface area contributed by atoms with Crippen molar-refractivity contribution in [3.63, 3.8) is 0 Å². The number of nitrogens with zero attached hydrogens (tertiary/aromatic N) is 2.